The van der Waals surface area contributed by atoms with Crippen molar-refractivity contribution in [3.63, 3.8) is 0 Å². The van der Waals surface area contributed by atoms with Gasteiger partial charge in [-0.25, -0.2) is 9.59 Å². The molecule has 18 heavy (non-hydrogen) atoms. The zero-order chi connectivity index (χ0) is 12.3. The first-order valence-corrected chi connectivity index (χ1v) is 5.76. The number of hydrogen-bond donors (Lipinski definition) is 0. The van der Waals surface area contributed by atoms with Crippen LogP contribution in [0.1, 0.15) is 11.1 Å². The lowest BCUT2D eigenvalue weighted by Gasteiger charge is -1.94. The Labute approximate surface area is 101 Å². The highest BCUT2D eigenvalue weighted by atomic mass is 16.4. The van der Waals surface area contributed by atoms with E-state index in [1.54, 1.807) is 12.1 Å². The molecule has 1 aliphatic carbocycles. The van der Waals surface area contributed by atoms with Crippen LogP contribution in [0.2, 0.25) is 0 Å². The van der Waals surface area contributed by atoms with Crippen molar-refractivity contribution in [2.45, 2.75) is 6.42 Å². The SMILES string of the molecule is O=c1oc(=O)c2cccc3c2c2c(cccc12)C3. The van der Waals surface area contributed by atoms with Gasteiger partial charge in [0, 0.05) is 10.8 Å². The van der Waals surface area contributed by atoms with E-state index in [4.69, 9.17) is 4.42 Å². The van der Waals surface area contributed by atoms with Crippen molar-refractivity contribution in [2.75, 3.05) is 0 Å². The first-order valence-electron chi connectivity index (χ1n) is 5.76. The smallest absolute Gasteiger partial charge is 0.346 e. The molecule has 1 heterocycles. The lowest BCUT2D eigenvalue weighted by atomic mass is 10.1. The molecule has 0 bridgehead atoms. The largest absolute Gasteiger partial charge is 0.386 e. The van der Waals surface area contributed by atoms with E-state index in [-0.39, 0.29) is 0 Å². The average Bonchev–Trinajstić information content (AvgIpc) is 2.71. The van der Waals surface area contributed by atoms with Crippen molar-refractivity contribution in [2.24, 2.45) is 0 Å². The molecule has 0 saturated heterocycles. The van der Waals surface area contributed by atoms with Crippen molar-refractivity contribution in [1.29, 1.82) is 0 Å². The van der Waals surface area contributed by atoms with E-state index in [9.17, 15) is 9.59 Å². The average molecular weight is 236 g/mol. The van der Waals surface area contributed by atoms with Crippen molar-refractivity contribution in [3.05, 3.63) is 68.4 Å². The van der Waals surface area contributed by atoms with Gasteiger partial charge in [-0.05, 0) is 29.7 Å². The van der Waals surface area contributed by atoms with Crippen molar-refractivity contribution in [1.82, 2.24) is 0 Å². The predicted molar refractivity (Wildman–Crippen MR) is 69.1 cm³/mol. The summed E-state index contributed by atoms with van der Waals surface area (Å²) in [4.78, 5) is 23.8. The maximum absolute atomic E-state index is 11.9. The van der Waals surface area contributed by atoms with Gasteiger partial charge in [0.05, 0.1) is 10.8 Å². The van der Waals surface area contributed by atoms with Crippen LogP contribution in [0.5, 0.6) is 0 Å². The zero-order valence-electron chi connectivity index (χ0n) is 9.40. The van der Waals surface area contributed by atoms with Gasteiger partial charge < -0.3 is 4.42 Å². The van der Waals surface area contributed by atoms with Crippen LogP contribution in [-0.2, 0) is 6.42 Å². The normalized spacial score (nSPS) is 12.7. The fourth-order valence-corrected chi connectivity index (χ4v) is 2.82. The highest BCUT2D eigenvalue weighted by molar-refractivity contribution is 6.11. The van der Waals surface area contributed by atoms with Crippen LogP contribution in [0.4, 0.5) is 0 Å². The van der Waals surface area contributed by atoms with Crippen molar-refractivity contribution < 1.29 is 4.42 Å². The summed E-state index contributed by atoms with van der Waals surface area (Å²) in [6.45, 7) is 0. The second kappa shape index (κ2) is 3.07. The summed E-state index contributed by atoms with van der Waals surface area (Å²) in [5.41, 5.74) is 1.06. The second-order valence-corrected chi connectivity index (χ2v) is 4.53. The van der Waals surface area contributed by atoms with Crippen LogP contribution in [0, 0.1) is 0 Å². The Balaban J connectivity index is 2.55. The first kappa shape index (κ1) is 9.59. The molecular weight excluding hydrogens is 228 g/mol. The molecular formula is C15H8O3. The Morgan fingerprint density at radius 3 is 1.78 bits per heavy atom. The Bertz CT molecular complexity index is 860. The van der Waals surface area contributed by atoms with E-state index in [1.165, 1.54) is 0 Å². The predicted octanol–water partition coefficient (Wildman–Crippen LogP) is 2.21. The van der Waals surface area contributed by atoms with Crippen LogP contribution in [0.25, 0.3) is 21.5 Å². The van der Waals surface area contributed by atoms with Gasteiger partial charge in [-0.1, -0.05) is 24.3 Å². The number of hydrogen-bond acceptors (Lipinski definition) is 3. The zero-order valence-corrected chi connectivity index (χ0v) is 9.40. The fraction of sp³-hybridized carbons (Fsp3) is 0.0667. The van der Waals surface area contributed by atoms with E-state index < -0.39 is 11.3 Å². The third-order valence-corrected chi connectivity index (χ3v) is 3.56. The molecule has 1 aromatic heterocycles. The van der Waals surface area contributed by atoms with E-state index >= 15 is 0 Å². The summed E-state index contributed by atoms with van der Waals surface area (Å²) in [6, 6.07) is 11.1. The van der Waals surface area contributed by atoms with Crippen LogP contribution >= 0.6 is 0 Å². The summed E-state index contributed by atoms with van der Waals surface area (Å²) in [7, 11) is 0. The summed E-state index contributed by atoms with van der Waals surface area (Å²) in [6.07, 6.45) is 0.771. The maximum Gasteiger partial charge on any atom is 0.346 e. The van der Waals surface area contributed by atoms with Crippen molar-refractivity contribution in [3.8, 4) is 0 Å². The highest BCUT2D eigenvalue weighted by Crippen LogP contribution is 2.34. The highest BCUT2D eigenvalue weighted by Gasteiger charge is 2.19. The molecule has 0 radical (unpaired) electrons. The lowest BCUT2D eigenvalue weighted by Crippen LogP contribution is -2.05. The molecule has 3 heteroatoms. The lowest BCUT2D eigenvalue weighted by molar-refractivity contribution is 0.491. The molecule has 0 aliphatic heterocycles. The van der Waals surface area contributed by atoms with Gasteiger partial charge in [-0.2, -0.15) is 0 Å². The molecule has 0 N–H and O–H groups in total. The minimum atomic E-state index is -0.555. The molecule has 0 amide bonds. The van der Waals surface area contributed by atoms with Gasteiger partial charge in [0.25, 0.3) is 0 Å². The molecule has 4 rings (SSSR count). The molecule has 1 aliphatic rings. The van der Waals surface area contributed by atoms with Crippen LogP contribution in [0.3, 0.4) is 0 Å². The molecule has 3 aromatic rings. The standard InChI is InChI=1S/C15H8O3/c16-14-10-5-1-3-8-7-9-4-2-6-11(15(17)18-14)13(9)12(8)10/h1-6H,7H2. The van der Waals surface area contributed by atoms with Crippen LogP contribution in [0.15, 0.2) is 50.4 Å². The molecule has 0 atom stereocenters. The van der Waals surface area contributed by atoms with E-state index in [0.717, 1.165) is 28.3 Å². The van der Waals surface area contributed by atoms with Gasteiger partial charge in [0.15, 0.2) is 0 Å². The summed E-state index contributed by atoms with van der Waals surface area (Å²) in [5, 5.41) is 2.73. The molecule has 0 fully saturated rings. The molecule has 0 unspecified atom stereocenters. The minimum Gasteiger partial charge on any atom is -0.386 e. The monoisotopic (exact) mass is 236 g/mol. The summed E-state index contributed by atoms with van der Waals surface area (Å²) in [5.74, 6) is 0. The Hall–Kier alpha value is -2.42. The Kier molecular flexibility index (Phi) is 1.64. The van der Waals surface area contributed by atoms with Gasteiger partial charge in [-0.15, -0.1) is 0 Å². The number of rotatable bonds is 0. The molecule has 3 nitrogen and oxygen atoms in total. The van der Waals surface area contributed by atoms with Gasteiger partial charge >= 0.3 is 11.3 Å². The van der Waals surface area contributed by atoms with Crippen LogP contribution < -0.4 is 11.3 Å². The van der Waals surface area contributed by atoms with Gasteiger partial charge in [0.2, 0.25) is 0 Å². The molecule has 2 aromatic carbocycles. The van der Waals surface area contributed by atoms with E-state index in [2.05, 4.69) is 0 Å². The Morgan fingerprint density at radius 2 is 1.28 bits per heavy atom. The first-order chi connectivity index (χ1) is 8.75. The van der Waals surface area contributed by atoms with Gasteiger partial charge in [-0.3, -0.25) is 0 Å². The maximum atomic E-state index is 11.9. The third-order valence-electron chi connectivity index (χ3n) is 3.56. The second-order valence-electron chi connectivity index (χ2n) is 4.53. The summed E-state index contributed by atoms with van der Waals surface area (Å²) < 4.78 is 4.87. The molecule has 0 saturated carbocycles. The van der Waals surface area contributed by atoms with Gasteiger partial charge in [0.1, 0.15) is 0 Å². The van der Waals surface area contributed by atoms with E-state index in [0.29, 0.717) is 10.8 Å². The minimum absolute atomic E-state index is 0.490. The molecule has 0 spiro atoms. The van der Waals surface area contributed by atoms with Crippen molar-refractivity contribution >= 4 is 21.5 Å². The third kappa shape index (κ3) is 1.03. The van der Waals surface area contributed by atoms with Crippen LogP contribution in [-0.4, -0.2) is 0 Å². The number of benzene rings is 2. The molecule has 86 valence electrons. The fourth-order valence-electron chi connectivity index (χ4n) is 2.82. The van der Waals surface area contributed by atoms with E-state index in [1.807, 2.05) is 24.3 Å². The topological polar surface area (TPSA) is 47.3 Å². The Morgan fingerprint density at radius 1 is 0.778 bits per heavy atom. The summed E-state index contributed by atoms with van der Waals surface area (Å²) >= 11 is 0. The quantitative estimate of drug-likeness (QED) is 0.470.